The van der Waals surface area contributed by atoms with Gasteiger partial charge in [-0.3, -0.25) is 0 Å². The molecule has 0 atom stereocenters. The van der Waals surface area contributed by atoms with E-state index in [0.29, 0.717) is 0 Å². The Morgan fingerprint density at radius 1 is 0.298 bits per heavy atom. The van der Waals surface area contributed by atoms with Gasteiger partial charge in [-0.1, -0.05) is 201 Å². The molecule has 3 heteroatoms. The van der Waals surface area contributed by atoms with Crippen molar-refractivity contribution < 1.29 is 0 Å². The maximum Gasteiger partial charge on any atom is 0.160 e. The molecule has 9 aromatic rings. The number of benzene rings is 8. The molecule has 0 saturated carbocycles. The van der Waals surface area contributed by atoms with E-state index in [-0.39, 0.29) is 0 Å². The highest BCUT2D eigenvalue weighted by atomic mass is 28.3. The van der Waals surface area contributed by atoms with E-state index in [2.05, 4.69) is 219 Å². The number of nitrogens with zero attached hydrogens (tertiary/aromatic N) is 2. The molecule has 2 heterocycles. The van der Waals surface area contributed by atoms with Gasteiger partial charge in [-0.25, -0.2) is 9.97 Å². The van der Waals surface area contributed by atoms with Crippen LogP contribution < -0.4 is 10.4 Å². The van der Waals surface area contributed by atoms with Gasteiger partial charge in [0.05, 0.1) is 11.4 Å². The second-order valence-corrected chi connectivity index (χ2v) is 19.7. The lowest BCUT2D eigenvalue weighted by Gasteiger charge is -2.22. The number of aromatic nitrogens is 2. The first-order chi connectivity index (χ1) is 28.0. The molecule has 0 N–H and O–H groups in total. The maximum absolute atomic E-state index is 5.51. The van der Waals surface area contributed by atoms with E-state index in [1.807, 2.05) is 0 Å². The van der Waals surface area contributed by atoms with E-state index in [0.717, 1.165) is 39.5 Å². The summed E-state index contributed by atoms with van der Waals surface area (Å²) in [5.74, 6) is 0.748. The van der Waals surface area contributed by atoms with Crippen LogP contribution in [0.25, 0.3) is 89.5 Å². The van der Waals surface area contributed by atoms with Crippen LogP contribution in [-0.2, 0) is 0 Å². The van der Waals surface area contributed by atoms with E-state index < -0.39 is 8.07 Å². The summed E-state index contributed by atoms with van der Waals surface area (Å²) in [6, 6.07) is 74.1. The Kier molecular flexibility index (Phi) is 8.66. The summed E-state index contributed by atoms with van der Waals surface area (Å²) < 4.78 is 0. The molecule has 0 amide bonds. The Morgan fingerprint density at radius 3 is 1.19 bits per heavy atom. The first-order valence-corrected chi connectivity index (χ1v) is 22.6. The molecule has 0 aliphatic carbocycles. The van der Waals surface area contributed by atoms with Crippen LogP contribution in [0.15, 0.2) is 206 Å². The van der Waals surface area contributed by atoms with Crippen molar-refractivity contribution in [2.75, 3.05) is 0 Å². The predicted molar refractivity (Wildman–Crippen MR) is 242 cm³/mol. The molecule has 1 aliphatic heterocycles. The van der Waals surface area contributed by atoms with Gasteiger partial charge < -0.3 is 0 Å². The standard InChI is InChI=1S/C54H40N2Si/c1-57(2)50-25-10-9-24-49(50)52-53(57)51(47-22-12-19-44(35-47)42-32-28-40(29-33-42)38-16-7-4-8-17-38)55-54(56-52)48-23-13-21-46(36-48)45-20-11-18-43(34-45)41-30-26-39(27-31-41)37-14-5-3-6-15-37/h3-36H,1-2H3. The summed E-state index contributed by atoms with van der Waals surface area (Å²) in [5.41, 5.74) is 17.4. The fraction of sp³-hybridized carbons (Fsp3) is 0.0370. The van der Waals surface area contributed by atoms with E-state index in [4.69, 9.17) is 9.97 Å². The van der Waals surface area contributed by atoms with Crippen LogP contribution in [0.4, 0.5) is 0 Å². The molecule has 10 rings (SSSR count). The van der Waals surface area contributed by atoms with Crippen LogP contribution in [0.1, 0.15) is 0 Å². The van der Waals surface area contributed by atoms with Crippen molar-refractivity contribution >= 4 is 18.4 Å². The van der Waals surface area contributed by atoms with Gasteiger partial charge in [-0.15, -0.1) is 0 Å². The van der Waals surface area contributed by atoms with Gasteiger partial charge in [0.25, 0.3) is 0 Å². The molecule has 270 valence electrons. The average molecular weight is 745 g/mol. The summed E-state index contributed by atoms with van der Waals surface area (Å²) in [6.45, 7) is 4.89. The second kappa shape index (κ2) is 14.3. The van der Waals surface area contributed by atoms with Crippen molar-refractivity contribution in [2.24, 2.45) is 0 Å². The van der Waals surface area contributed by atoms with Crippen molar-refractivity contribution in [3.8, 4) is 89.5 Å². The highest BCUT2D eigenvalue weighted by molar-refractivity contribution is 7.04. The Balaban J connectivity index is 1.04. The van der Waals surface area contributed by atoms with Crippen LogP contribution in [0.3, 0.4) is 0 Å². The fourth-order valence-corrected chi connectivity index (χ4v) is 11.7. The molecule has 2 nitrogen and oxygen atoms in total. The molecule has 0 radical (unpaired) electrons. The van der Waals surface area contributed by atoms with E-state index in [1.165, 1.54) is 60.4 Å². The lowest BCUT2D eigenvalue weighted by atomic mass is 9.96. The Hall–Kier alpha value is -6.94. The zero-order valence-corrected chi connectivity index (χ0v) is 33.0. The molecule has 0 fully saturated rings. The minimum atomic E-state index is -2.12. The molecular weight excluding hydrogens is 705 g/mol. The van der Waals surface area contributed by atoms with Crippen molar-refractivity contribution in [1.82, 2.24) is 9.97 Å². The Bertz CT molecular complexity index is 2900. The van der Waals surface area contributed by atoms with Gasteiger partial charge in [0.1, 0.15) is 8.07 Å². The van der Waals surface area contributed by atoms with E-state index >= 15 is 0 Å². The Labute approximate surface area is 335 Å². The molecule has 1 aliphatic rings. The largest absolute Gasteiger partial charge is 0.228 e. The lowest BCUT2D eigenvalue weighted by Crippen LogP contribution is -2.50. The molecule has 0 unspecified atom stereocenters. The molecule has 1 aromatic heterocycles. The lowest BCUT2D eigenvalue weighted by molar-refractivity contribution is 1.20. The summed E-state index contributed by atoms with van der Waals surface area (Å²) in [5, 5.41) is 2.73. The first kappa shape index (κ1) is 34.5. The average Bonchev–Trinajstić information content (AvgIpc) is 3.52. The number of hydrogen-bond donors (Lipinski definition) is 0. The third-order valence-electron chi connectivity index (χ3n) is 11.5. The third-order valence-corrected chi connectivity index (χ3v) is 15.0. The van der Waals surface area contributed by atoms with Crippen LogP contribution in [-0.4, -0.2) is 18.0 Å². The van der Waals surface area contributed by atoms with Crippen molar-refractivity contribution in [2.45, 2.75) is 13.1 Å². The second-order valence-electron chi connectivity index (χ2n) is 15.4. The molecule has 57 heavy (non-hydrogen) atoms. The zero-order chi connectivity index (χ0) is 38.3. The summed E-state index contributed by atoms with van der Waals surface area (Å²) in [7, 11) is -2.12. The highest BCUT2D eigenvalue weighted by Gasteiger charge is 2.41. The molecule has 8 aromatic carbocycles. The first-order valence-electron chi connectivity index (χ1n) is 19.6. The minimum absolute atomic E-state index is 0.748. The van der Waals surface area contributed by atoms with Gasteiger partial charge in [-0.2, -0.15) is 0 Å². The molecule has 0 bridgehead atoms. The van der Waals surface area contributed by atoms with Crippen molar-refractivity contribution in [3.05, 3.63) is 206 Å². The van der Waals surface area contributed by atoms with Crippen LogP contribution >= 0.6 is 0 Å². The van der Waals surface area contributed by atoms with Gasteiger partial charge in [0, 0.05) is 11.1 Å². The monoisotopic (exact) mass is 744 g/mol. The van der Waals surface area contributed by atoms with Crippen LogP contribution in [0.2, 0.25) is 13.1 Å². The van der Waals surface area contributed by atoms with E-state index in [9.17, 15) is 0 Å². The summed E-state index contributed by atoms with van der Waals surface area (Å²) in [6.07, 6.45) is 0. The van der Waals surface area contributed by atoms with Crippen molar-refractivity contribution in [3.63, 3.8) is 0 Å². The zero-order valence-electron chi connectivity index (χ0n) is 32.0. The SMILES string of the molecule is C[Si]1(C)c2ccccc2-c2nc(-c3cccc(-c4cccc(-c5ccc(-c6ccccc6)cc5)c4)c3)nc(-c3cccc(-c4ccc(-c5ccccc5)cc4)c3)c21. The number of hydrogen-bond acceptors (Lipinski definition) is 2. The van der Waals surface area contributed by atoms with Crippen molar-refractivity contribution in [1.29, 1.82) is 0 Å². The highest BCUT2D eigenvalue weighted by Crippen LogP contribution is 2.36. The molecule has 0 spiro atoms. The van der Waals surface area contributed by atoms with Gasteiger partial charge in [-0.05, 0) is 89.8 Å². The van der Waals surface area contributed by atoms with Crippen LogP contribution in [0.5, 0.6) is 0 Å². The quantitative estimate of drug-likeness (QED) is 0.152. The number of rotatable bonds is 7. The fourth-order valence-electron chi connectivity index (χ4n) is 8.49. The summed E-state index contributed by atoms with van der Waals surface area (Å²) in [4.78, 5) is 10.9. The number of fused-ring (bicyclic) bond motifs is 3. The Morgan fingerprint density at radius 2 is 0.649 bits per heavy atom. The van der Waals surface area contributed by atoms with E-state index in [1.54, 1.807) is 0 Å². The smallest absolute Gasteiger partial charge is 0.160 e. The van der Waals surface area contributed by atoms with Gasteiger partial charge in [0.2, 0.25) is 0 Å². The van der Waals surface area contributed by atoms with Gasteiger partial charge >= 0.3 is 0 Å². The third kappa shape index (κ3) is 6.42. The van der Waals surface area contributed by atoms with Gasteiger partial charge in [0.15, 0.2) is 5.82 Å². The van der Waals surface area contributed by atoms with Crippen LogP contribution in [0, 0.1) is 0 Å². The predicted octanol–water partition coefficient (Wildman–Crippen LogP) is 12.9. The maximum atomic E-state index is 5.51. The molecule has 0 saturated heterocycles. The minimum Gasteiger partial charge on any atom is -0.228 e. The topological polar surface area (TPSA) is 25.8 Å². The molecular formula is C54H40N2Si. The normalized spacial score (nSPS) is 12.5. The summed E-state index contributed by atoms with van der Waals surface area (Å²) >= 11 is 0.